The number of rotatable bonds is 3. The molecule has 1 aromatic heterocycles. The zero-order chi connectivity index (χ0) is 19.6. The van der Waals surface area contributed by atoms with Gasteiger partial charge in [0.1, 0.15) is 5.60 Å². The third kappa shape index (κ3) is 4.40. The van der Waals surface area contributed by atoms with Crippen molar-refractivity contribution in [1.29, 1.82) is 0 Å². The molecule has 2 aromatic rings. The van der Waals surface area contributed by atoms with Gasteiger partial charge in [0.05, 0.1) is 18.1 Å². The van der Waals surface area contributed by atoms with Crippen molar-refractivity contribution in [2.75, 3.05) is 32.1 Å². The van der Waals surface area contributed by atoms with Crippen LogP contribution < -0.4 is 9.64 Å². The van der Waals surface area contributed by atoms with E-state index in [0.717, 1.165) is 29.7 Å². The summed E-state index contributed by atoms with van der Waals surface area (Å²) in [6.45, 7) is 6.97. The number of amides is 1. The maximum Gasteiger partial charge on any atom is 0.410 e. The lowest BCUT2D eigenvalue weighted by atomic mass is 10.0. The van der Waals surface area contributed by atoms with Crippen LogP contribution in [-0.2, 0) is 4.74 Å². The number of aromatic nitrogens is 2. The van der Waals surface area contributed by atoms with Gasteiger partial charge in [-0.25, -0.2) is 14.8 Å². The maximum atomic E-state index is 12.3. The first-order chi connectivity index (χ1) is 12.8. The molecule has 7 heteroatoms. The van der Waals surface area contributed by atoms with Gasteiger partial charge in [-0.3, -0.25) is 0 Å². The predicted octanol–water partition coefficient (Wildman–Crippen LogP) is 3.47. The first-order valence-electron chi connectivity index (χ1n) is 9.30. The van der Waals surface area contributed by atoms with Crippen molar-refractivity contribution in [3.63, 3.8) is 0 Å². The minimum Gasteiger partial charge on any atom is -0.478 e. The summed E-state index contributed by atoms with van der Waals surface area (Å²) in [6.07, 6.45) is 1.44. The summed E-state index contributed by atoms with van der Waals surface area (Å²) in [5.41, 5.74) is 1.18. The molecule has 27 heavy (non-hydrogen) atoms. The number of fused-ring (bicyclic) bond motifs is 1. The number of anilines is 1. The zero-order valence-electron chi connectivity index (χ0n) is 16.7. The number of carbonyl (C=O) groups excluding carboxylic acids is 1. The molecule has 0 N–H and O–H groups in total. The SMILES string of the molecule is COc1nc2ccccc2nc1N(C)C1CCN(C(=O)OC(C)(C)C)CC1. The fourth-order valence-corrected chi connectivity index (χ4v) is 3.28. The zero-order valence-corrected chi connectivity index (χ0v) is 16.7. The highest BCUT2D eigenvalue weighted by Gasteiger charge is 2.30. The van der Waals surface area contributed by atoms with E-state index < -0.39 is 5.60 Å². The van der Waals surface area contributed by atoms with E-state index in [9.17, 15) is 4.79 Å². The Hall–Kier alpha value is -2.57. The number of likely N-dealkylation sites (tertiary alicyclic amines) is 1. The van der Waals surface area contributed by atoms with Crippen LogP contribution >= 0.6 is 0 Å². The van der Waals surface area contributed by atoms with Gasteiger partial charge in [-0.15, -0.1) is 0 Å². The molecule has 1 aromatic carbocycles. The van der Waals surface area contributed by atoms with Crippen LogP contribution in [0.25, 0.3) is 11.0 Å². The fraction of sp³-hybridized carbons (Fsp3) is 0.550. The van der Waals surface area contributed by atoms with Crippen LogP contribution in [0.2, 0.25) is 0 Å². The van der Waals surface area contributed by atoms with E-state index in [-0.39, 0.29) is 12.1 Å². The molecule has 0 spiro atoms. The molecule has 1 aliphatic heterocycles. The third-order valence-corrected chi connectivity index (χ3v) is 4.71. The van der Waals surface area contributed by atoms with E-state index in [0.29, 0.717) is 19.0 Å². The van der Waals surface area contributed by atoms with Crippen molar-refractivity contribution < 1.29 is 14.3 Å². The Morgan fingerprint density at radius 1 is 1.15 bits per heavy atom. The molecule has 0 atom stereocenters. The number of ether oxygens (including phenoxy) is 2. The summed E-state index contributed by atoms with van der Waals surface area (Å²) in [4.78, 5) is 25.5. The van der Waals surface area contributed by atoms with E-state index in [4.69, 9.17) is 14.5 Å². The number of hydrogen-bond acceptors (Lipinski definition) is 6. The number of para-hydroxylation sites is 2. The highest BCUT2D eigenvalue weighted by Crippen LogP contribution is 2.30. The van der Waals surface area contributed by atoms with Gasteiger partial charge in [0.25, 0.3) is 5.88 Å². The monoisotopic (exact) mass is 372 g/mol. The Morgan fingerprint density at radius 3 is 2.30 bits per heavy atom. The lowest BCUT2D eigenvalue weighted by Gasteiger charge is -2.37. The molecule has 2 heterocycles. The first kappa shape index (κ1) is 19.2. The summed E-state index contributed by atoms with van der Waals surface area (Å²) >= 11 is 0. The van der Waals surface area contributed by atoms with Crippen molar-refractivity contribution in [1.82, 2.24) is 14.9 Å². The molecule has 7 nitrogen and oxygen atoms in total. The Morgan fingerprint density at radius 2 is 1.74 bits per heavy atom. The highest BCUT2D eigenvalue weighted by atomic mass is 16.6. The molecule has 0 aliphatic carbocycles. The second kappa shape index (κ2) is 7.58. The summed E-state index contributed by atoms with van der Waals surface area (Å²) < 4.78 is 11.0. The number of hydrogen-bond donors (Lipinski definition) is 0. The lowest BCUT2D eigenvalue weighted by molar-refractivity contribution is 0.0205. The topological polar surface area (TPSA) is 67.8 Å². The normalized spacial score (nSPS) is 15.7. The number of nitrogens with zero attached hydrogens (tertiary/aromatic N) is 4. The van der Waals surface area contributed by atoms with E-state index in [1.165, 1.54) is 0 Å². The minimum absolute atomic E-state index is 0.244. The molecule has 0 radical (unpaired) electrons. The molecule has 146 valence electrons. The standard InChI is InChI=1S/C20H28N4O3/c1-20(2,3)27-19(25)24-12-10-14(11-13-24)23(4)17-18(26-5)22-16-9-7-6-8-15(16)21-17/h6-9,14H,10-13H2,1-5H3. The Labute approximate surface area is 160 Å². The molecule has 0 bridgehead atoms. The summed E-state index contributed by atoms with van der Waals surface area (Å²) in [5.74, 6) is 1.25. The molecule has 0 saturated carbocycles. The van der Waals surface area contributed by atoms with Gasteiger partial charge in [-0.1, -0.05) is 12.1 Å². The smallest absolute Gasteiger partial charge is 0.410 e. The van der Waals surface area contributed by atoms with Gasteiger partial charge in [0, 0.05) is 26.2 Å². The molecule has 1 aliphatic rings. The number of piperidine rings is 1. The fourth-order valence-electron chi connectivity index (χ4n) is 3.28. The quantitative estimate of drug-likeness (QED) is 0.822. The second-order valence-electron chi connectivity index (χ2n) is 7.85. The van der Waals surface area contributed by atoms with E-state index in [1.54, 1.807) is 12.0 Å². The molecule has 1 saturated heterocycles. The van der Waals surface area contributed by atoms with Crippen LogP contribution in [0.15, 0.2) is 24.3 Å². The van der Waals surface area contributed by atoms with Crippen molar-refractivity contribution in [3.8, 4) is 5.88 Å². The van der Waals surface area contributed by atoms with E-state index >= 15 is 0 Å². The molecule has 1 fully saturated rings. The van der Waals surface area contributed by atoms with Crippen molar-refractivity contribution in [2.24, 2.45) is 0 Å². The van der Waals surface area contributed by atoms with E-state index in [1.807, 2.05) is 52.1 Å². The summed E-state index contributed by atoms with van der Waals surface area (Å²) in [5, 5.41) is 0. The Bertz CT molecular complexity index is 810. The van der Waals surface area contributed by atoms with Gasteiger partial charge >= 0.3 is 6.09 Å². The Balaban J connectivity index is 1.71. The van der Waals surface area contributed by atoms with Crippen LogP contribution in [-0.4, -0.2) is 59.9 Å². The molecule has 1 amide bonds. The van der Waals surface area contributed by atoms with Crippen LogP contribution in [0.1, 0.15) is 33.6 Å². The molecule has 3 rings (SSSR count). The summed E-state index contributed by atoms with van der Waals surface area (Å²) in [7, 11) is 3.62. The van der Waals surface area contributed by atoms with Gasteiger partial charge in [0.15, 0.2) is 5.82 Å². The third-order valence-electron chi connectivity index (χ3n) is 4.71. The van der Waals surface area contributed by atoms with E-state index in [2.05, 4.69) is 9.88 Å². The number of methoxy groups -OCH3 is 1. The molecular formula is C20H28N4O3. The average molecular weight is 372 g/mol. The average Bonchev–Trinajstić information content (AvgIpc) is 2.65. The largest absolute Gasteiger partial charge is 0.478 e. The first-order valence-corrected chi connectivity index (χ1v) is 9.30. The van der Waals surface area contributed by atoms with Gasteiger partial charge < -0.3 is 19.3 Å². The van der Waals surface area contributed by atoms with Gasteiger partial charge in [0.2, 0.25) is 0 Å². The number of carbonyl (C=O) groups is 1. The van der Waals surface area contributed by atoms with Crippen LogP contribution in [0.5, 0.6) is 5.88 Å². The molecule has 0 unspecified atom stereocenters. The van der Waals surface area contributed by atoms with Crippen molar-refractivity contribution >= 4 is 22.9 Å². The highest BCUT2D eigenvalue weighted by molar-refractivity contribution is 5.77. The molecular weight excluding hydrogens is 344 g/mol. The van der Waals surface area contributed by atoms with Gasteiger partial charge in [-0.05, 0) is 45.7 Å². The predicted molar refractivity (Wildman–Crippen MR) is 105 cm³/mol. The van der Waals surface area contributed by atoms with Crippen LogP contribution in [0, 0.1) is 0 Å². The second-order valence-corrected chi connectivity index (χ2v) is 7.85. The lowest BCUT2D eigenvalue weighted by Crippen LogP contribution is -2.47. The maximum absolute atomic E-state index is 12.3. The number of benzene rings is 1. The van der Waals surface area contributed by atoms with Crippen LogP contribution in [0.3, 0.4) is 0 Å². The van der Waals surface area contributed by atoms with Gasteiger partial charge in [-0.2, -0.15) is 0 Å². The Kier molecular flexibility index (Phi) is 5.39. The summed E-state index contributed by atoms with van der Waals surface area (Å²) in [6, 6.07) is 8.02. The van der Waals surface area contributed by atoms with Crippen molar-refractivity contribution in [3.05, 3.63) is 24.3 Å². The van der Waals surface area contributed by atoms with Crippen molar-refractivity contribution in [2.45, 2.75) is 45.3 Å². The minimum atomic E-state index is -0.473. The van der Waals surface area contributed by atoms with Crippen LogP contribution in [0.4, 0.5) is 10.6 Å².